The molecule has 0 spiro atoms. The van der Waals surface area contributed by atoms with Crippen LogP contribution in [0.4, 0.5) is 4.79 Å². The van der Waals surface area contributed by atoms with E-state index in [0.717, 1.165) is 30.1 Å². The van der Waals surface area contributed by atoms with Crippen LogP contribution in [0.25, 0.3) is 0 Å². The highest BCUT2D eigenvalue weighted by Crippen LogP contribution is 2.35. The number of hydrogen-bond donors (Lipinski definition) is 1. The van der Waals surface area contributed by atoms with E-state index in [0.29, 0.717) is 38.9 Å². The van der Waals surface area contributed by atoms with Crippen molar-refractivity contribution >= 4 is 46.7 Å². The second-order valence-corrected chi connectivity index (χ2v) is 21.1. The lowest BCUT2D eigenvalue weighted by molar-refractivity contribution is -0.148. The first-order valence-corrected chi connectivity index (χ1v) is 25.7. The summed E-state index contributed by atoms with van der Waals surface area (Å²) in [5.74, 6) is -3.47. The number of ether oxygens (including phenoxy) is 2. The number of amides is 4. The van der Waals surface area contributed by atoms with Gasteiger partial charge in [-0.1, -0.05) is 85.2 Å². The van der Waals surface area contributed by atoms with E-state index in [2.05, 4.69) is 22.0 Å². The maximum Gasteiger partial charge on any atom is 0.410 e. The van der Waals surface area contributed by atoms with Gasteiger partial charge in [0.15, 0.2) is 11.9 Å². The number of piperazine rings is 1. The number of ketones is 2. The van der Waals surface area contributed by atoms with Crippen LogP contribution >= 0.6 is 11.3 Å². The number of likely N-dealkylation sites (tertiary alicyclic amines) is 1. The van der Waals surface area contributed by atoms with Gasteiger partial charge in [-0.05, 0) is 56.6 Å². The van der Waals surface area contributed by atoms with Gasteiger partial charge >= 0.3 is 6.09 Å². The number of benzene rings is 1. The Bertz CT molecular complexity index is 1930. The Morgan fingerprint density at radius 2 is 1.53 bits per heavy atom. The summed E-state index contributed by atoms with van der Waals surface area (Å²) in [6.45, 7) is 17.7. The number of thiazole rings is 1. The zero-order valence-corrected chi connectivity index (χ0v) is 43.8. The normalized spacial score (nSPS) is 19.7. The summed E-state index contributed by atoms with van der Waals surface area (Å²) in [4.78, 5) is 97.3. The Morgan fingerprint density at radius 1 is 0.868 bits per heavy atom. The molecule has 1 N–H and O–H groups in total. The summed E-state index contributed by atoms with van der Waals surface area (Å²) in [5.41, 5.74) is 1.12. The molecule has 0 saturated carbocycles. The lowest BCUT2D eigenvalue weighted by atomic mass is 9.80. The molecule has 1 aromatic carbocycles. The molecule has 1 aromatic heterocycles. The minimum Gasteiger partial charge on any atom is -0.436 e. The quantitative estimate of drug-likeness (QED) is 0.116. The SMILES string of the molecule is CC[C@H](C)[C@@H]([C@@H](CC(=O)N1CCC[C@H]1[C@H](CO)[C@@H](C)C(=O)C[C@@H](Cc1ccccc1)c1nccs1)OC)N(C)C(=O)[C@@H](CC(=O)[C@H](C(C)C)N(C)C(=O)OC(C)C(=O)N1CCN(C)CC1)C(C)C. The van der Waals surface area contributed by atoms with E-state index in [4.69, 9.17) is 9.47 Å². The first kappa shape index (κ1) is 56.3. The number of aliphatic hydroxyl groups excluding tert-OH is 1. The molecule has 16 heteroatoms. The van der Waals surface area contributed by atoms with Crippen LogP contribution in [0.1, 0.15) is 110 Å². The van der Waals surface area contributed by atoms with E-state index in [1.165, 1.54) is 23.3 Å². The first-order valence-electron chi connectivity index (χ1n) is 24.8. The van der Waals surface area contributed by atoms with Crippen molar-refractivity contribution in [3.8, 4) is 0 Å². The fourth-order valence-corrected chi connectivity index (χ4v) is 11.1. The monoisotopic (exact) mass is 967 g/mol. The van der Waals surface area contributed by atoms with E-state index >= 15 is 0 Å². The van der Waals surface area contributed by atoms with Crippen LogP contribution in [0.5, 0.6) is 0 Å². The molecular formula is C52H82N6O9S. The highest BCUT2D eigenvalue weighted by molar-refractivity contribution is 7.09. The lowest BCUT2D eigenvalue weighted by Crippen LogP contribution is -2.54. The van der Waals surface area contributed by atoms with Crippen molar-refractivity contribution < 1.29 is 43.3 Å². The van der Waals surface area contributed by atoms with Crippen LogP contribution in [0.2, 0.25) is 0 Å². The van der Waals surface area contributed by atoms with E-state index < -0.39 is 48.1 Å². The third-order valence-corrected chi connectivity index (χ3v) is 15.7. The number of likely N-dealkylation sites (N-methyl/N-ethyl adjacent to an activating group) is 3. The van der Waals surface area contributed by atoms with Crippen molar-refractivity contribution in [3.05, 3.63) is 52.5 Å². The van der Waals surface area contributed by atoms with Gasteiger partial charge in [-0.25, -0.2) is 9.78 Å². The fourth-order valence-electron chi connectivity index (χ4n) is 10.4. The zero-order valence-electron chi connectivity index (χ0n) is 43.0. The summed E-state index contributed by atoms with van der Waals surface area (Å²) in [5, 5.41) is 13.7. The molecular weight excluding hydrogens is 885 g/mol. The summed E-state index contributed by atoms with van der Waals surface area (Å²) >= 11 is 1.53. The number of hydrogen-bond acceptors (Lipinski definition) is 12. The third kappa shape index (κ3) is 14.6. The molecule has 2 aliphatic rings. The summed E-state index contributed by atoms with van der Waals surface area (Å²) in [6, 6.07) is 8.26. The number of carbonyl (C=O) groups excluding carboxylic acids is 6. The van der Waals surface area contributed by atoms with Gasteiger partial charge in [0.25, 0.3) is 5.91 Å². The topological polar surface area (TPSA) is 170 Å². The molecule has 4 rings (SSSR count). The second-order valence-electron chi connectivity index (χ2n) is 20.1. The van der Waals surface area contributed by atoms with E-state index in [1.54, 1.807) is 42.0 Å². The molecule has 2 aromatic rings. The molecule has 380 valence electrons. The van der Waals surface area contributed by atoms with Crippen LogP contribution in [0.3, 0.4) is 0 Å². The van der Waals surface area contributed by atoms with Crippen molar-refractivity contribution in [2.45, 2.75) is 137 Å². The molecule has 0 aliphatic carbocycles. The van der Waals surface area contributed by atoms with Crippen LogP contribution in [-0.2, 0) is 39.9 Å². The maximum atomic E-state index is 14.7. The molecule has 68 heavy (non-hydrogen) atoms. The average Bonchev–Trinajstić information content (AvgIpc) is 4.04. The van der Waals surface area contributed by atoms with Gasteiger partial charge in [0, 0.05) is 115 Å². The highest BCUT2D eigenvalue weighted by atomic mass is 32.1. The van der Waals surface area contributed by atoms with Gasteiger partial charge in [0.2, 0.25) is 11.8 Å². The van der Waals surface area contributed by atoms with Gasteiger partial charge < -0.3 is 39.1 Å². The fraction of sp³-hybridized carbons (Fsp3) is 0.712. The second kappa shape index (κ2) is 26.7. The highest BCUT2D eigenvalue weighted by Gasteiger charge is 2.44. The van der Waals surface area contributed by atoms with E-state index in [-0.39, 0.29) is 84.9 Å². The van der Waals surface area contributed by atoms with Crippen LogP contribution in [0, 0.1) is 35.5 Å². The Labute approximate surface area is 410 Å². The van der Waals surface area contributed by atoms with Crippen LogP contribution in [-0.4, -0.2) is 168 Å². The number of aromatic nitrogens is 1. The van der Waals surface area contributed by atoms with Crippen molar-refractivity contribution in [2.75, 3.05) is 67.6 Å². The molecule has 2 aliphatic heterocycles. The van der Waals surface area contributed by atoms with Gasteiger partial charge in [-0.2, -0.15) is 0 Å². The Balaban J connectivity index is 1.46. The minimum atomic E-state index is -1.03. The van der Waals surface area contributed by atoms with Gasteiger partial charge in [-0.15, -0.1) is 11.3 Å². The number of carbonyl (C=O) groups is 6. The molecule has 1 unspecified atom stereocenters. The standard InChI is InChI=1S/C52H82N6O9S/c1-13-35(6)48(55(10)51(64)40(33(2)3)30-44(61)47(34(4)5)56(11)52(65)67-37(8)50(63)57-25-23-54(9)24-26-57)45(66-12)31-46(62)58-22-17-20-42(58)41(32-59)36(7)43(60)29-39(49-53-21-27-68-49)28-38-18-15-14-16-19-38/h14-16,18-19,21,27,33-37,39-42,45,47-48,59H,13,17,20,22-26,28-32H2,1-12H3/t35-,36+,37?,39+,40-,41+,42-,45+,47-,48-/m0/s1. The van der Waals surface area contributed by atoms with Crippen molar-refractivity contribution in [2.24, 2.45) is 35.5 Å². The smallest absolute Gasteiger partial charge is 0.410 e. The Hall–Kier alpha value is -4.25. The number of methoxy groups -OCH3 is 1. The predicted molar refractivity (Wildman–Crippen MR) is 265 cm³/mol. The minimum absolute atomic E-state index is 0.0212. The Morgan fingerprint density at radius 3 is 2.09 bits per heavy atom. The molecule has 2 fully saturated rings. The molecule has 3 heterocycles. The zero-order chi connectivity index (χ0) is 50.4. The first-order chi connectivity index (χ1) is 32.2. The van der Waals surface area contributed by atoms with Gasteiger partial charge in [0.1, 0.15) is 5.78 Å². The lowest BCUT2D eigenvalue weighted by Gasteiger charge is -2.41. The number of aliphatic hydroxyl groups is 1. The van der Waals surface area contributed by atoms with Crippen molar-refractivity contribution in [1.29, 1.82) is 0 Å². The summed E-state index contributed by atoms with van der Waals surface area (Å²) in [7, 11) is 6.74. The molecule has 0 bridgehead atoms. The van der Waals surface area contributed by atoms with Crippen LogP contribution in [0.15, 0.2) is 41.9 Å². The van der Waals surface area contributed by atoms with E-state index in [1.807, 2.05) is 79.1 Å². The summed E-state index contributed by atoms with van der Waals surface area (Å²) < 4.78 is 11.7. The van der Waals surface area contributed by atoms with Gasteiger partial charge in [-0.3, -0.25) is 24.0 Å². The largest absolute Gasteiger partial charge is 0.436 e. The summed E-state index contributed by atoms with van der Waals surface area (Å²) in [6.07, 6.45) is 2.10. The van der Waals surface area contributed by atoms with Gasteiger partial charge in [0.05, 0.1) is 29.6 Å². The molecule has 2 saturated heterocycles. The third-order valence-electron chi connectivity index (χ3n) is 14.8. The number of rotatable bonds is 25. The van der Waals surface area contributed by atoms with E-state index in [9.17, 15) is 33.9 Å². The maximum absolute atomic E-state index is 14.7. The average molecular weight is 967 g/mol. The molecule has 10 atom stereocenters. The van der Waals surface area contributed by atoms with Crippen molar-refractivity contribution in [1.82, 2.24) is 29.5 Å². The predicted octanol–water partition coefficient (Wildman–Crippen LogP) is 6.43. The number of Topliss-reactive ketones (excluding diaryl/α,β-unsaturated/α-hetero) is 2. The molecule has 0 radical (unpaired) electrons. The molecule has 15 nitrogen and oxygen atoms in total. The molecule has 4 amide bonds. The Kier molecular flexibility index (Phi) is 22.1. The number of nitrogens with zero attached hydrogens (tertiary/aromatic N) is 6. The van der Waals surface area contributed by atoms with Crippen molar-refractivity contribution in [3.63, 3.8) is 0 Å². The van der Waals surface area contributed by atoms with Crippen LogP contribution < -0.4 is 0 Å².